The van der Waals surface area contributed by atoms with Crippen LogP contribution >= 0.6 is 0 Å². The fourth-order valence-electron chi connectivity index (χ4n) is 2.25. The predicted molar refractivity (Wildman–Crippen MR) is 83.5 cm³/mol. The van der Waals surface area contributed by atoms with Crippen LogP contribution in [-0.2, 0) is 4.43 Å². The Morgan fingerprint density at radius 3 is 2.22 bits per heavy atom. The first-order valence-electron chi connectivity index (χ1n) is 7.62. The van der Waals surface area contributed by atoms with Crippen molar-refractivity contribution in [2.75, 3.05) is 6.61 Å². The number of rotatable bonds is 5. The molecule has 1 saturated carbocycles. The van der Waals surface area contributed by atoms with E-state index in [9.17, 15) is 0 Å². The lowest BCUT2D eigenvalue weighted by Crippen LogP contribution is -2.40. The summed E-state index contributed by atoms with van der Waals surface area (Å²) in [5.41, 5.74) is 0. The second kappa shape index (κ2) is 6.90. The molecule has 0 unspecified atom stereocenters. The minimum atomic E-state index is -1.55. The van der Waals surface area contributed by atoms with E-state index >= 15 is 0 Å². The molecule has 1 aliphatic carbocycles. The fraction of sp³-hybridized carbons (Fsp3) is 0.875. The zero-order valence-electron chi connectivity index (χ0n) is 13.1. The van der Waals surface area contributed by atoms with Gasteiger partial charge in [-0.1, -0.05) is 65.0 Å². The number of allylic oxidation sites excluding steroid dienone is 1. The number of hydrogen-bond donors (Lipinski definition) is 0. The van der Waals surface area contributed by atoms with Crippen LogP contribution in [0, 0.1) is 5.92 Å². The minimum Gasteiger partial charge on any atom is -0.413 e. The third-order valence-corrected chi connectivity index (χ3v) is 9.21. The Kier molecular flexibility index (Phi) is 6.13. The highest BCUT2D eigenvalue weighted by atomic mass is 28.4. The second-order valence-corrected chi connectivity index (χ2v) is 12.1. The molecule has 0 amide bonds. The molecule has 0 aromatic rings. The van der Waals surface area contributed by atoms with Crippen LogP contribution in [0.4, 0.5) is 0 Å². The average molecular weight is 269 g/mol. The van der Waals surface area contributed by atoms with E-state index in [4.69, 9.17) is 4.43 Å². The Bertz CT molecular complexity index is 257. The summed E-state index contributed by atoms with van der Waals surface area (Å²) in [7, 11) is -1.55. The second-order valence-electron chi connectivity index (χ2n) is 7.28. The molecule has 106 valence electrons. The van der Waals surface area contributed by atoms with Crippen LogP contribution in [-0.4, -0.2) is 14.9 Å². The Hall–Kier alpha value is -0.0831. The molecule has 0 spiro atoms. The van der Waals surface area contributed by atoms with Gasteiger partial charge in [0.1, 0.15) is 0 Å². The van der Waals surface area contributed by atoms with Gasteiger partial charge < -0.3 is 4.43 Å². The van der Waals surface area contributed by atoms with Crippen LogP contribution in [0.3, 0.4) is 0 Å². The molecule has 1 rings (SSSR count). The lowest BCUT2D eigenvalue weighted by atomic mass is 9.87. The van der Waals surface area contributed by atoms with Crippen molar-refractivity contribution in [2.45, 2.75) is 77.4 Å². The molecular formula is C16H32OSi. The zero-order chi connectivity index (χ0) is 13.6. The van der Waals surface area contributed by atoms with Crippen LogP contribution in [0.25, 0.3) is 0 Å². The van der Waals surface area contributed by atoms with E-state index in [1.807, 2.05) is 0 Å². The van der Waals surface area contributed by atoms with Crippen molar-refractivity contribution in [3.05, 3.63) is 12.2 Å². The van der Waals surface area contributed by atoms with Crippen molar-refractivity contribution in [3.8, 4) is 0 Å². The largest absolute Gasteiger partial charge is 0.413 e. The van der Waals surface area contributed by atoms with Gasteiger partial charge in [-0.25, -0.2) is 0 Å². The van der Waals surface area contributed by atoms with E-state index in [1.165, 1.54) is 38.5 Å². The smallest absolute Gasteiger partial charge is 0.192 e. The van der Waals surface area contributed by atoms with Crippen LogP contribution in [0.2, 0.25) is 18.1 Å². The molecular weight excluding hydrogens is 236 g/mol. The Morgan fingerprint density at radius 2 is 1.67 bits per heavy atom. The van der Waals surface area contributed by atoms with E-state index in [-0.39, 0.29) is 0 Å². The van der Waals surface area contributed by atoms with Gasteiger partial charge in [0.05, 0.1) is 6.61 Å². The molecule has 0 aliphatic heterocycles. The van der Waals surface area contributed by atoms with Crippen molar-refractivity contribution in [3.63, 3.8) is 0 Å². The summed E-state index contributed by atoms with van der Waals surface area (Å²) in [4.78, 5) is 0. The quantitative estimate of drug-likeness (QED) is 0.470. The lowest BCUT2D eigenvalue weighted by Gasteiger charge is -2.35. The molecule has 1 aliphatic rings. The van der Waals surface area contributed by atoms with E-state index in [1.54, 1.807) is 0 Å². The molecule has 18 heavy (non-hydrogen) atoms. The van der Waals surface area contributed by atoms with E-state index < -0.39 is 8.32 Å². The highest BCUT2D eigenvalue weighted by Gasteiger charge is 2.36. The summed E-state index contributed by atoms with van der Waals surface area (Å²) < 4.78 is 6.14. The molecule has 0 N–H and O–H groups in total. The maximum Gasteiger partial charge on any atom is 0.192 e. The molecule has 0 saturated heterocycles. The summed E-state index contributed by atoms with van der Waals surface area (Å²) in [5.74, 6) is 0.947. The highest BCUT2D eigenvalue weighted by molar-refractivity contribution is 6.74. The zero-order valence-corrected chi connectivity index (χ0v) is 14.1. The predicted octanol–water partition coefficient (Wildman–Crippen LogP) is 5.53. The van der Waals surface area contributed by atoms with E-state index in [0.717, 1.165) is 12.5 Å². The Morgan fingerprint density at radius 1 is 1.06 bits per heavy atom. The van der Waals surface area contributed by atoms with Gasteiger partial charge in [0.25, 0.3) is 0 Å². The molecule has 0 radical (unpaired) electrons. The van der Waals surface area contributed by atoms with Crippen molar-refractivity contribution < 1.29 is 4.43 Å². The van der Waals surface area contributed by atoms with Crippen molar-refractivity contribution >= 4 is 8.32 Å². The first kappa shape index (κ1) is 16.0. The highest BCUT2D eigenvalue weighted by Crippen LogP contribution is 2.36. The van der Waals surface area contributed by atoms with Gasteiger partial charge in [0.15, 0.2) is 8.32 Å². The third-order valence-electron chi connectivity index (χ3n) is 4.71. The molecule has 1 fully saturated rings. The van der Waals surface area contributed by atoms with Crippen molar-refractivity contribution in [2.24, 2.45) is 5.92 Å². The Labute approximate surface area is 115 Å². The minimum absolute atomic E-state index is 0.324. The first-order valence-corrected chi connectivity index (χ1v) is 10.5. The van der Waals surface area contributed by atoms with Gasteiger partial charge in [-0.15, -0.1) is 0 Å². The standard InChI is InChI=1S/C16H32OSi/c1-16(2,3)18(4,5)17-14-10-9-13-15-11-7-6-8-12-15/h9-10,15H,6-8,11-14H2,1-5H3/b10-9-. The molecule has 2 heteroatoms. The fourth-order valence-corrected chi connectivity index (χ4v) is 3.20. The van der Waals surface area contributed by atoms with Crippen LogP contribution in [0.15, 0.2) is 12.2 Å². The van der Waals surface area contributed by atoms with Crippen LogP contribution < -0.4 is 0 Å². The third kappa shape index (κ3) is 5.27. The molecule has 0 aromatic heterocycles. The molecule has 0 aromatic carbocycles. The summed E-state index contributed by atoms with van der Waals surface area (Å²) in [6, 6.07) is 0. The monoisotopic (exact) mass is 268 g/mol. The van der Waals surface area contributed by atoms with Crippen LogP contribution in [0.5, 0.6) is 0 Å². The first-order chi connectivity index (χ1) is 8.33. The van der Waals surface area contributed by atoms with Gasteiger partial charge in [0, 0.05) is 0 Å². The molecule has 0 bridgehead atoms. The normalized spacial score (nSPS) is 19.6. The maximum atomic E-state index is 6.14. The van der Waals surface area contributed by atoms with Crippen LogP contribution in [0.1, 0.15) is 59.3 Å². The SMILES string of the molecule is CC(C)(C)[Si](C)(C)OC/C=C\CC1CCCCC1. The summed E-state index contributed by atoms with van der Waals surface area (Å²) in [6.45, 7) is 12.3. The average Bonchev–Trinajstić information content (AvgIpc) is 2.28. The maximum absolute atomic E-state index is 6.14. The van der Waals surface area contributed by atoms with E-state index in [0.29, 0.717) is 5.04 Å². The number of hydrogen-bond acceptors (Lipinski definition) is 1. The van der Waals surface area contributed by atoms with Gasteiger partial charge >= 0.3 is 0 Å². The summed E-state index contributed by atoms with van der Waals surface area (Å²) in [5, 5.41) is 0.324. The Balaban J connectivity index is 2.20. The molecule has 0 heterocycles. The van der Waals surface area contributed by atoms with Gasteiger partial charge in [0.2, 0.25) is 0 Å². The van der Waals surface area contributed by atoms with Gasteiger partial charge in [-0.05, 0) is 30.5 Å². The lowest BCUT2D eigenvalue weighted by molar-refractivity contribution is 0.326. The van der Waals surface area contributed by atoms with Crippen molar-refractivity contribution in [1.82, 2.24) is 0 Å². The summed E-state index contributed by atoms with van der Waals surface area (Å²) in [6.07, 6.45) is 13.1. The topological polar surface area (TPSA) is 9.23 Å². The molecule has 1 nitrogen and oxygen atoms in total. The summed E-state index contributed by atoms with van der Waals surface area (Å²) >= 11 is 0. The van der Waals surface area contributed by atoms with Crippen molar-refractivity contribution in [1.29, 1.82) is 0 Å². The van der Waals surface area contributed by atoms with Gasteiger partial charge in [-0.3, -0.25) is 0 Å². The molecule has 0 atom stereocenters. The van der Waals surface area contributed by atoms with Gasteiger partial charge in [-0.2, -0.15) is 0 Å². The van der Waals surface area contributed by atoms with E-state index in [2.05, 4.69) is 46.0 Å².